The van der Waals surface area contributed by atoms with E-state index in [2.05, 4.69) is 18.7 Å². The van der Waals surface area contributed by atoms with Crippen molar-refractivity contribution in [2.75, 3.05) is 50.8 Å². The molecule has 2 aromatic carbocycles. The van der Waals surface area contributed by atoms with E-state index in [9.17, 15) is 13.2 Å². The van der Waals surface area contributed by atoms with Gasteiger partial charge in [-0.3, -0.25) is 9.69 Å². The van der Waals surface area contributed by atoms with Crippen molar-refractivity contribution in [3.63, 3.8) is 0 Å². The molecule has 0 N–H and O–H groups in total. The number of ether oxygens (including phenoxy) is 2. The number of halogens is 1. The number of fused-ring (bicyclic) bond motifs is 1. The largest absolute Gasteiger partial charge is 0.492 e. The molecule has 2 atom stereocenters. The molecule has 1 saturated heterocycles. The van der Waals surface area contributed by atoms with Crippen LogP contribution in [0.25, 0.3) is 10.2 Å². The second-order valence-electron chi connectivity index (χ2n) is 9.62. The number of rotatable bonds is 11. The van der Waals surface area contributed by atoms with Gasteiger partial charge in [0.25, 0.3) is 5.91 Å². The number of likely N-dealkylation sites (N-methyl/N-ethyl adjacent to an activating group) is 1. The van der Waals surface area contributed by atoms with E-state index in [1.165, 1.54) is 27.8 Å². The Balaban J connectivity index is 0.00000441. The van der Waals surface area contributed by atoms with Crippen LogP contribution in [0.15, 0.2) is 47.4 Å². The number of thiazole rings is 1. The van der Waals surface area contributed by atoms with E-state index < -0.39 is 10.0 Å². The number of sulfonamides is 1. The zero-order valence-electron chi connectivity index (χ0n) is 23.7. The van der Waals surface area contributed by atoms with Gasteiger partial charge in [0, 0.05) is 31.7 Å². The van der Waals surface area contributed by atoms with Gasteiger partial charge >= 0.3 is 0 Å². The molecule has 1 aromatic heterocycles. The third-order valence-corrected chi connectivity index (χ3v) is 9.70. The predicted molar refractivity (Wildman–Crippen MR) is 163 cm³/mol. The molecule has 1 fully saturated rings. The molecule has 2 unspecified atom stereocenters. The highest BCUT2D eigenvalue weighted by Gasteiger charge is 2.32. The molecule has 1 amide bonds. The van der Waals surface area contributed by atoms with Crippen molar-refractivity contribution >= 4 is 55.0 Å². The van der Waals surface area contributed by atoms with Gasteiger partial charge in [-0.2, -0.15) is 4.31 Å². The molecule has 0 saturated carbocycles. The Bertz CT molecular complexity index is 1370. The van der Waals surface area contributed by atoms with Gasteiger partial charge in [-0.15, -0.1) is 12.4 Å². The minimum Gasteiger partial charge on any atom is -0.492 e. The smallest absolute Gasteiger partial charge is 0.260 e. The first-order valence-corrected chi connectivity index (χ1v) is 15.8. The Morgan fingerprint density at radius 3 is 2.30 bits per heavy atom. The SMILES string of the molecule is CCOc1cccc2sc(N(CCN(CC)CC)C(=O)c3ccc(S(=O)(=O)N4CC(C)OC(C)C4)cc3)nc12.Cl. The van der Waals surface area contributed by atoms with Crippen LogP contribution in [0.1, 0.15) is 45.0 Å². The highest BCUT2D eigenvalue weighted by atomic mass is 35.5. The number of hydrogen-bond donors (Lipinski definition) is 0. The van der Waals surface area contributed by atoms with Gasteiger partial charge < -0.3 is 14.4 Å². The maximum absolute atomic E-state index is 13.8. The number of benzene rings is 2. The quantitative estimate of drug-likeness (QED) is 0.305. The highest BCUT2D eigenvalue weighted by molar-refractivity contribution is 7.89. The summed E-state index contributed by atoms with van der Waals surface area (Å²) in [4.78, 5) is 22.7. The molecule has 220 valence electrons. The minimum absolute atomic E-state index is 0. The fourth-order valence-corrected chi connectivity index (χ4v) is 7.36. The Hall–Kier alpha value is -2.28. The monoisotopic (exact) mass is 610 g/mol. The van der Waals surface area contributed by atoms with Crippen LogP contribution in [-0.4, -0.2) is 86.6 Å². The molecule has 0 bridgehead atoms. The highest BCUT2D eigenvalue weighted by Crippen LogP contribution is 2.35. The summed E-state index contributed by atoms with van der Waals surface area (Å²) in [6.45, 7) is 13.9. The van der Waals surface area contributed by atoms with E-state index in [-0.39, 0.29) is 35.4 Å². The second kappa shape index (κ2) is 14.1. The average molecular weight is 611 g/mol. The lowest BCUT2D eigenvalue weighted by atomic mass is 10.2. The molecule has 4 rings (SSSR count). The summed E-state index contributed by atoms with van der Waals surface area (Å²) in [5.74, 6) is 0.465. The van der Waals surface area contributed by atoms with Crippen molar-refractivity contribution in [2.45, 2.75) is 51.7 Å². The summed E-state index contributed by atoms with van der Waals surface area (Å²) in [7, 11) is -3.70. The summed E-state index contributed by atoms with van der Waals surface area (Å²) >= 11 is 1.44. The first-order chi connectivity index (χ1) is 18.7. The molecule has 0 spiro atoms. The number of carbonyl (C=O) groups is 1. The number of nitrogens with zero attached hydrogens (tertiary/aromatic N) is 4. The van der Waals surface area contributed by atoms with Gasteiger partial charge in [-0.25, -0.2) is 13.4 Å². The molecule has 0 aliphatic carbocycles. The molecule has 3 aromatic rings. The van der Waals surface area contributed by atoms with Crippen LogP contribution < -0.4 is 9.64 Å². The van der Waals surface area contributed by atoms with E-state index in [0.717, 1.165) is 23.3 Å². The first kappa shape index (κ1) is 32.2. The van der Waals surface area contributed by atoms with Gasteiger partial charge in [-0.1, -0.05) is 31.3 Å². The molecule has 0 radical (unpaired) electrons. The van der Waals surface area contributed by atoms with E-state index in [1.54, 1.807) is 17.0 Å². The second-order valence-corrected chi connectivity index (χ2v) is 12.6. The van der Waals surface area contributed by atoms with Gasteiger partial charge in [-0.05, 0) is 70.3 Å². The molecule has 9 nitrogen and oxygen atoms in total. The maximum atomic E-state index is 13.8. The Kier molecular flexibility index (Phi) is 11.3. The third kappa shape index (κ3) is 7.13. The van der Waals surface area contributed by atoms with Gasteiger partial charge in [0.1, 0.15) is 11.3 Å². The molecule has 40 heavy (non-hydrogen) atoms. The molecular formula is C28H39ClN4O5S2. The Labute approximate surface area is 247 Å². The lowest BCUT2D eigenvalue weighted by Crippen LogP contribution is -2.48. The molecule has 12 heteroatoms. The minimum atomic E-state index is -3.70. The van der Waals surface area contributed by atoms with Gasteiger partial charge in [0.05, 0.1) is 28.4 Å². The van der Waals surface area contributed by atoms with E-state index in [0.29, 0.717) is 49.2 Å². The van der Waals surface area contributed by atoms with Crippen molar-refractivity contribution in [2.24, 2.45) is 0 Å². The summed E-state index contributed by atoms with van der Waals surface area (Å²) in [5, 5.41) is 0.585. The Morgan fingerprint density at radius 1 is 1.05 bits per heavy atom. The zero-order valence-corrected chi connectivity index (χ0v) is 26.2. The number of hydrogen-bond acceptors (Lipinski definition) is 8. The van der Waals surface area contributed by atoms with Crippen LogP contribution in [0.2, 0.25) is 0 Å². The van der Waals surface area contributed by atoms with Crippen molar-refractivity contribution in [1.82, 2.24) is 14.2 Å². The first-order valence-electron chi connectivity index (χ1n) is 13.5. The van der Waals surface area contributed by atoms with Crippen LogP contribution in [0, 0.1) is 0 Å². The van der Waals surface area contributed by atoms with Crippen molar-refractivity contribution in [1.29, 1.82) is 0 Å². The van der Waals surface area contributed by atoms with Crippen LogP contribution >= 0.6 is 23.7 Å². The molecular weight excluding hydrogens is 572 g/mol. The van der Waals surface area contributed by atoms with E-state index in [4.69, 9.17) is 14.5 Å². The summed E-state index contributed by atoms with van der Waals surface area (Å²) in [6.07, 6.45) is -0.360. The number of para-hydroxylation sites is 1. The number of aromatic nitrogens is 1. The summed E-state index contributed by atoms with van der Waals surface area (Å²) in [5.41, 5.74) is 1.14. The lowest BCUT2D eigenvalue weighted by Gasteiger charge is -2.34. The van der Waals surface area contributed by atoms with E-state index >= 15 is 0 Å². The average Bonchev–Trinajstić information content (AvgIpc) is 3.35. The fourth-order valence-electron chi connectivity index (χ4n) is 4.77. The molecule has 1 aliphatic rings. The number of anilines is 1. The lowest BCUT2D eigenvalue weighted by molar-refractivity contribution is -0.0440. The molecule has 1 aliphatic heterocycles. The fraction of sp³-hybridized carbons (Fsp3) is 0.500. The topological polar surface area (TPSA) is 92.3 Å². The van der Waals surface area contributed by atoms with Crippen LogP contribution in [0.3, 0.4) is 0 Å². The van der Waals surface area contributed by atoms with Crippen molar-refractivity contribution in [3.05, 3.63) is 48.0 Å². The maximum Gasteiger partial charge on any atom is 0.260 e. The standard InChI is InChI=1S/C28H38N4O5S2.ClH/c1-6-30(7-2)16-17-32(28-29-26-24(36-8-3)10-9-11-25(26)38-28)27(33)22-12-14-23(15-13-22)39(34,35)31-18-20(4)37-21(5)19-31;/h9-15,20-21H,6-8,16-19H2,1-5H3;1H. The number of amides is 1. The van der Waals surface area contributed by atoms with E-state index in [1.807, 2.05) is 39.0 Å². The van der Waals surface area contributed by atoms with Crippen molar-refractivity contribution in [3.8, 4) is 5.75 Å². The van der Waals surface area contributed by atoms with Crippen LogP contribution in [-0.2, 0) is 14.8 Å². The van der Waals surface area contributed by atoms with Crippen LogP contribution in [0.4, 0.5) is 5.13 Å². The normalized spacial score (nSPS) is 18.1. The van der Waals surface area contributed by atoms with Gasteiger partial charge in [0.15, 0.2) is 5.13 Å². The summed E-state index contributed by atoms with van der Waals surface area (Å²) < 4.78 is 40.4. The Morgan fingerprint density at radius 2 is 1.70 bits per heavy atom. The van der Waals surface area contributed by atoms with Crippen molar-refractivity contribution < 1.29 is 22.7 Å². The summed E-state index contributed by atoms with van der Waals surface area (Å²) in [6, 6.07) is 12.0. The van der Waals surface area contributed by atoms with Gasteiger partial charge in [0.2, 0.25) is 10.0 Å². The third-order valence-electron chi connectivity index (χ3n) is 6.81. The zero-order chi connectivity index (χ0) is 28.2. The number of morpholine rings is 1. The molecule has 2 heterocycles. The van der Waals surface area contributed by atoms with Crippen LogP contribution in [0.5, 0.6) is 5.75 Å². The number of carbonyl (C=O) groups excluding carboxylic acids is 1. The predicted octanol–water partition coefficient (Wildman–Crippen LogP) is 4.90.